The van der Waals surface area contributed by atoms with E-state index in [1.807, 2.05) is 42.7 Å². The Morgan fingerprint density at radius 2 is 1.14 bits per heavy atom. The first-order valence-corrected chi connectivity index (χ1v) is 25.7. The van der Waals surface area contributed by atoms with Crippen molar-refractivity contribution in [1.29, 1.82) is 0 Å². The molecule has 4 amide bonds. The van der Waals surface area contributed by atoms with Gasteiger partial charge in [0.1, 0.15) is 0 Å². The van der Waals surface area contributed by atoms with Crippen molar-refractivity contribution in [3.8, 4) is 0 Å². The maximum atomic E-state index is 13.3. The van der Waals surface area contributed by atoms with E-state index in [4.69, 9.17) is 37.8 Å². The Balaban J connectivity index is 0.000000165. The van der Waals surface area contributed by atoms with Crippen molar-refractivity contribution in [3.63, 3.8) is 0 Å². The highest BCUT2D eigenvalue weighted by Gasteiger charge is 2.47. The number of morpholine rings is 2. The van der Waals surface area contributed by atoms with Gasteiger partial charge in [0.15, 0.2) is 0 Å². The molecule has 4 unspecified atom stereocenters. The highest BCUT2D eigenvalue weighted by atomic mass is 35.5. The van der Waals surface area contributed by atoms with Gasteiger partial charge in [-0.2, -0.15) is 10.2 Å². The summed E-state index contributed by atoms with van der Waals surface area (Å²) in [6, 6.07) is 14.0. The van der Waals surface area contributed by atoms with Crippen molar-refractivity contribution in [2.45, 2.75) is 134 Å². The SMILES string of the molecule is CC(C)(C)C(=O)n1nc(C2CC3CCC(C2)N3C(=O)N2CCOCC2)cc1CCc1ccc(Cl)s1.O=C(N1CCOCC1)N1C2CCC1CC(c1cc(CCc3ccc(Cl)s3)[nH]n1)C2. The van der Waals surface area contributed by atoms with Crippen molar-refractivity contribution in [1.82, 2.24) is 39.6 Å². The van der Waals surface area contributed by atoms with Crippen LogP contribution in [0.5, 0.6) is 0 Å². The number of aromatic nitrogens is 4. The van der Waals surface area contributed by atoms with Crippen molar-refractivity contribution in [2.24, 2.45) is 5.41 Å². The lowest BCUT2D eigenvalue weighted by Gasteiger charge is -2.42. The van der Waals surface area contributed by atoms with E-state index in [1.54, 1.807) is 27.4 Å². The van der Waals surface area contributed by atoms with Gasteiger partial charge in [-0.1, -0.05) is 44.0 Å². The second-order valence-electron chi connectivity index (χ2n) is 19.4. The molecular weight excluding hydrogens is 892 g/mol. The van der Waals surface area contributed by atoms with E-state index < -0.39 is 5.41 Å². The molecule has 6 fully saturated rings. The molecule has 0 aromatic carbocycles. The lowest BCUT2D eigenvalue weighted by molar-refractivity contribution is 0.0330. The maximum absolute atomic E-state index is 13.3. The number of hydrogen-bond donors (Lipinski definition) is 1. The lowest BCUT2D eigenvalue weighted by Crippen LogP contribution is -2.54. The van der Waals surface area contributed by atoms with E-state index >= 15 is 0 Å². The predicted molar refractivity (Wildman–Crippen MR) is 251 cm³/mol. The number of H-pyrrole nitrogens is 1. The Morgan fingerprint density at radius 1 is 0.672 bits per heavy atom. The first kappa shape index (κ1) is 45.7. The number of halogens is 2. The number of piperidine rings is 2. The minimum atomic E-state index is -0.517. The van der Waals surface area contributed by atoms with Gasteiger partial charge in [-0.15, -0.1) is 22.7 Å². The van der Waals surface area contributed by atoms with Gasteiger partial charge in [-0.25, -0.2) is 14.3 Å². The molecular formula is C47H62Cl2N8O5S2. The van der Waals surface area contributed by atoms with Gasteiger partial charge in [-0.3, -0.25) is 9.89 Å². The van der Waals surface area contributed by atoms with Crippen LogP contribution < -0.4 is 0 Å². The molecule has 0 radical (unpaired) electrons. The third-order valence-electron chi connectivity index (χ3n) is 14.1. The summed E-state index contributed by atoms with van der Waals surface area (Å²) in [4.78, 5) is 50.3. The molecule has 4 bridgehead atoms. The average molecular weight is 954 g/mol. The normalized spacial score (nSPS) is 25.7. The molecule has 13 nitrogen and oxygen atoms in total. The summed E-state index contributed by atoms with van der Waals surface area (Å²) in [6.07, 6.45) is 11.7. The highest BCUT2D eigenvalue weighted by molar-refractivity contribution is 7.16. The number of nitrogens with zero attached hydrogens (tertiary/aromatic N) is 7. The molecule has 0 spiro atoms. The zero-order valence-corrected chi connectivity index (χ0v) is 40.5. The van der Waals surface area contributed by atoms with Crippen molar-refractivity contribution < 1.29 is 23.9 Å². The molecule has 6 aliphatic rings. The fourth-order valence-electron chi connectivity index (χ4n) is 10.8. The fourth-order valence-corrected chi connectivity index (χ4v) is 13.0. The molecule has 6 aliphatic heterocycles. The third kappa shape index (κ3) is 10.2. The van der Waals surface area contributed by atoms with Gasteiger partial charge in [0.05, 0.1) is 46.5 Å². The minimum absolute atomic E-state index is 0.0193. The van der Waals surface area contributed by atoms with Crippen LogP contribution in [0, 0.1) is 5.41 Å². The molecule has 10 rings (SSSR count). The van der Waals surface area contributed by atoms with E-state index in [-0.39, 0.29) is 36.0 Å². The van der Waals surface area contributed by atoms with Crippen LogP contribution >= 0.6 is 45.9 Å². The number of carbonyl (C=O) groups is 3. The summed E-state index contributed by atoms with van der Waals surface area (Å²) in [5, 5.41) is 12.8. The second kappa shape index (κ2) is 19.8. The van der Waals surface area contributed by atoms with Crippen LogP contribution in [0.1, 0.15) is 121 Å². The number of hydrogen-bond acceptors (Lipinski definition) is 9. The smallest absolute Gasteiger partial charge is 0.320 e. The average Bonchev–Trinajstić information content (AvgIpc) is 4.17. The Morgan fingerprint density at radius 3 is 1.59 bits per heavy atom. The number of rotatable bonds is 8. The molecule has 10 heterocycles. The third-order valence-corrected chi connectivity index (χ3v) is 16.7. The van der Waals surface area contributed by atoms with Gasteiger partial charge in [0, 0.05) is 88.7 Å². The Kier molecular flexibility index (Phi) is 14.1. The number of fused-ring (bicyclic) bond motifs is 4. The van der Waals surface area contributed by atoms with Crippen molar-refractivity contribution >= 4 is 63.8 Å². The van der Waals surface area contributed by atoms with Gasteiger partial charge in [0.2, 0.25) is 0 Å². The van der Waals surface area contributed by atoms with Crippen LogP contribution in [0.3, 0.4) is 0 Å². The highest BCUT2D eigenvalue weighted by Crippen LogP contribution is 2.45. The van der Waals surface area contributed by atoms with E-state index in [1.165, 1.54) is 21.1 Å². The molecule has 0 saturated carbocycles. The number of nitrogens with one attached hydrogen (secondary N) is 1. The Bertz CT molecular complexity index is 2230. The van der Waals surface area contributed by atoms with E-state index in [2.05, 4.69) is 44.3 Å². The van der Waals surface area contributed by atoms with Crippen LogP contribution in [0.25, 0.3) is 0 Å². The zero-order valence-electron chi connectivity index (χ0n) is 37.3. The molecule has 64 heavy (non-hydrogen) atoms. The fraction of sp³-hybridized carbons (Fsp3) is 0.638. The zero-order chi connectivity index (χ0) is 44.5. The molecule has 0 aliphatic carbocycles. The summed E-state index contributed by atoms with van der Waals surface area (Å²) >= 11 is 15.4. The van der Waals surface area contributed by atoms with Gasteiger partial charge < -0.3 is 29.1 Å². The number of ether oxygens (including phenoxy) is 2. The molecule has 6 saturated heterocycles. The summed E-state index contributed by atoms with van der Waals surface area (Å²) < 4.78 is 14.1. The summed E-state index contributed by atoms with van der Waals surface area (Å²) in [7, 11) is 0. The first-order chi connectivity index (χ1) is 30.9. The summed E-state index contributed by atoms with van der Waals surface area (Å²) in [5.41, 5.74) is 3.79. The second-order valence-corrected chi connectivity index (χ2v) is 23.0. The lowest BCUT2D eigenvalue weighted by atomic mass is 9.88. The summed E-state index contributed by atoms with van der Waals surface area (Å²) in [6.45, 7) is 11.2. The number of amides is 4. The van der Waals surface area contributed by atoms with Crippen LogP contribution in [0.2, 0.25) is 8.67 Å². The van der Waals surface area contributed by atoms with Gasteiger partial charge in [-0.05, 0) is 113 Å². The monoisotopic (exact) mass is 952 g/mol. The quantitative estimate of drug-likeness (QED) is 0.187. The summed E-state index contributed by atoms with van der Waals surface area (Å²) in [5.74, 6) is 0.735. The Hall–Kier alpha value is -3.47. The van der Waals surface area contributed by atoms with E-state index in [0.717, 1.165) is 110 Å². The maximum Gasteiger partial charge on any atom is 0.320 e. The molecule has 17 heteroatoms. The minimum Gasteiger partial charge on any atom is -0.378 e. The van der Waals surface area contributed by atoms with E-state index in [9.17, 15) is 14.4 Å². The van der Waals surface area contributed by atoms with Crippen LogP contribution in [0.4, 0.5) is 9.59 Å². The van der Waals surface area contributed by atoms with Crippen LogP contribution in [0.15, 0.2) is 36.4 Å². The first-order valence-electron chi connectivity index (χ1n) is 23.3. The Labute approximate surface area is 394 Å². The number of aromatic amines is 1. The van der Waals surface area contributed by atoms with Crippen LogP contribution in [-0.4, -0.2) is 134 Å². The predicted octanol–water partition coefficient (Wildman–Crippen LogP) is 9.30. The van der Waals surface area contributed by atoms with E-state index in [0.29, 0.717) is 57.5 Å². The standard InChI is InChI=1S/C26H35ClN4O3S.C21H27ClN4O2S/c1-26(2,3)24(32)31-20(6-7-21-8-9-23(27)35-21)16-22(28-31)17-14-18-4-5-19(15-17)30(18)25(33)29-10-12-34-13-11-29;22-20-6-5-18(29-20)4-1-15-13-19(24-23-15)14-11-16-2-3-17(12-14)26(16)21(27)25-7-9-28-10-8-25/h8-9,16-19H,4-7,10-15H2,1-3H3;5-6,13-14,16-17H,1-4,7-12H2,(H,23,24). The molecule has 4 aromatic rings. The van der Waals surface area contributed by atoms with Crippen molar-refractivity contribution in [2.75, 3.05) is 52.6 Å². The van der Waals surface area contributed by atoms with Crippen LogP contribution in [-0.2, 0) is 35.2 Å². The van der Waals surface area contributed by atoms with Gasteiger partial charge >= 0.3 is 12.1 Å². The largest absolute Gasteiger partial charge is 0.378 e. The molecule has 4 aromatic heterocycles. The van der Waals surface area contributed by atoms with Gasteiger partial charge in [0.25, 0.3) is 5.91 Å². The topological polar surface area (TPSA) is 129 Å². The number of urea groups is 2. The number of carbonyl (C=O) groups excluding carboxylic acids is 3. The number of thiophene rings is 2. The van der Waals surface area contributed by atoms with Crippen molar-refractivity contribution in [3.05, 3.63) is 77.6 Å². The molecule has 1 N–H and O–H groups in total. The molecule has 4 atom stereocenters. The molecule has 346 valence electrons. The number of aryl methyl sites for hydroxylation is 4.